The summed E-state index contributed by atoms with van der Waals surface area (Å²) in [5, 5.41) is 9.38. The molecule has 1 unspecified atom stereocenters. The Morgan fingerprint density at radius 2 is 1.67 bits per heavy atom. The summed E-state index contributed by atoms with van der Waals surface area (Å²) < 4.78 is 9.33. The van der Waals surface area contributed by atoms with E-state index in [1.807, 2.05) is 0 Å². The molecule has 0 rings (SSSR count). The van der Waals surface area contributed by atoms with Crippen molar-refractivity contribution in [2.24, 2.45) is 5.92 Å². The van der Waals surface area contributed by atoms with Gasteiger partial charge in [0.2, 0.25) is 0 Å². The molecule has 0 aromatic heterocycles. The molecule has 0 aliphatic carbocycles. The van der Waals surface area contributed by atoms with Gasteiger partial charge in [-0.15, -0.1) is 0 Å². The number of rotatable bonds is 3. The largest absolute Gasteiger partial charge is 0.467 e. The minimum absolute atomic E-state index is 0.625. The van der Waals surface area contributed by atoms with E-state index < -0.39 is 29.6 Å². The molecule has 0 fully saturated rings. The predicted octanol–water partition coefficient (Wildman–Crippen LogP) is 0.498. The van der Waals surface area contributed by atoms with E-state index in [9.17, 15) is 14.7 Å². The summed E-state index contributed by atoms with van der Waals surface area (Å²) in [6, 6.07) is 0. The zero-order chi connectivity index (χ0) is 12.2. The molecule has 88 valence electrons. The number of methoxy groups -OCH3 is 1. The fraction of sp³-hybridized carbons (Fsp3) is 0.800. The summed E-state index contributed by atoms with van der Waals surface area (Å²) in [6.07, 6.45) is -1.48. The minimum atomic E-state index is -1.48. The van der Waals surface area contributed by atoms with Crippen LogP contribution in [0.2, 0.25) is 0 Å². The van der Waals surface area contributed by atoms with Crippen molar-refractivity contribution in [1.82, 2.24) is 0 Å². The van der Waals surface area contributed by atoms with Crippen LogP contribution in [0, 0.1) is 5.92 Å². The normalized spacial score (nSPS) is 15.3. The molecule has 1 N–H and O–H groups in total. The van der Waals surface area contributed by atoms with Crippen LogP contribution in [0.3, 0.4) is 0 Å². The number of hydrogen-bond donors (Lipinski definition) is 1. The number of esters is 2. The van der Waals surface area contributed by atoms with Crippen molar-refractivity contribution < 1.29 is 24.2 Å². The Bertz CT molecular complexity index is 241. The lowest BCUT2D eigenvalue weighted by molar-refractivity contribution is -0.170. The van der Waals surface area contributed by atoms with Crippen LogP contribution in [0.5, 0.6) is 0 Å². The van der Waals surface area contributed by atoms with Crippen molar-refractivity contribution in [3.63, 3.8) is 0 Å². The Morgan fingerprint density at radius 3 is 2.00 bits per heavy atom. The molecule has 5 nitrogen and oxygen atoms in total. The van der Waals surface area contributed by atoms with Crippen LogP contribution in [0.4, 0.5) is 0 Å². The topological polar surface area (TPSA) is 72.8 Å². The molecule has 0 aromatic rings. The van der Waals surface area contributed by atoms with Gasteiger partial charge in [-0.2, -0.15) is 0 Å². The molecule has 0 aliphatic rings. The van der Waals surface area contributed by atoms with E-state index in [1.54, 1.807) is 20.8 Å². The van der Waals surface area contributed by atoms with Gasteiger partial charge in [-0.3, -0.25) is 4.79 Å². The Hall–Kier alpha value is -1.10. The fourth-order valence-electron chi connectivity index (χ4n) is 0.848. The Kier molecular flexibility index (Phi) is 4.74. The summed E-state index contributed by atoms with van der Waals surface area (Å²) in [5.41, 5.74) is -0.638. The lowest BCUT2D eigenvalue weighted by Crippen LogP contribution is -2.37. The van der Waals surface area contributed by atoms with Crippen molar-refractivity contribution in [2.45, 2.75) is 39.4 Å². The summed E-state index contributed by atoms with van der Waals surface area (Å²) in [7, 11) is 1.15. The molecule has 0 radical (unpaired) electrons. The summed E-state index contributed by atoms with van der Waals surface area (Å²) in [6.45, 7) is 6.54. The van der Waals surface area contributed by atoms with Crippen molar-refractivity contribution in [2.75, 3.05) is 7.11 Å². The maximum atomic E-state index is 11.4. The highest BCUT2D eigenvalue weighted by molar-refractivity contribution is 5.83. The van der Waals surface area contributed by atoms with E-state index >= 15 is 0 Å². The van der Waals surface area contributed by atoms with Crippen LogP contribution < -0.4 is 0 Å². The third kappa shape index (κ3) is 4.78. The van der Waals surface area contributed by atoms with Gasteiger partial charge in [-0.1, -0.05) is 0 Å². The second-order valence-corrected chi connectivity index (χ2v) is 4.29. The van der Waals surface area contributed by atoms with E-state index in [2.05, 4.69) is 4.74 Å². The molecule has 0 saturated carbocycles. The Balaban J connectivity index is 4.39. The van der Waals surface area contributed by atoms with E-state index in [4.69, 9.17) is 4.74 Å². The maximum Gasteiger partial charge on any atom is 0.335 e. The second kappa shape index (κ2) is 5.11. The molecule has 0 amide bonds. The van der Waals surface area contributed by atoms with Crippen LogP contribution in [0.25, 0.3) is 0 Å². The van der Waals surface area contributed by atoms with Crippen molar-refractivity contribution in [1.29, 1.82) is 0 Å². The standard InChI is InChI=1S/C10H18O5/c1-6(7(11)9(13)14-5)8(12)15-10(2,3)4/h6-7,11H,1-5H3/t6-,7?/m0/s1. The number of carbonyl (C=O) groups excluding carboxylic acids is 2. The summed E-state index contributed by atoms with van der Waals surface area (Å²) in [4.78, 5) is 22.4. The van der Waals surface area contributed by atoms with Gasteiger partial charge in [-0.25, -0.2) is 4.79 Å². The summed E-state index contributed by atoms with van der Waals surface area (Å²) >= 11 is 0. The molecule has 0 aromatic carbocycles. The highest BCUT2D eigenvalue weighted by Crippen LogP contribution is 2.14. The molecule has 15 heavy (non-hydrogen) atoms. The zero-order valence-electron chi connectivity index (χ0n) is 9.73. The molecule has 5 heteroatoms. The first-order chi connectivity index (χ1) is 6.69. The molecule has 0 spiro atoms. The van der Waals surface area contributed by atoms with Gasteiger partial charge in [0.15, 0.2) is 6.10 Å². The number of ether oxygens (including phenoxy) is 2. The van der Waals surface area contributed by atoms with Crippen LogP contribution in [0.1, 0.15) is 27.7 Å². The van der Waals surface area contributed by atoms with Gasteiger partial charge >= 0.3 is 11.9 Å². The molecular weight excluding hydrogens is 200 g/mol. The first kappa shape index (κ1) is 13.9. The van der Waals surface area contributed by atoms with Gasteiger partial charge in [0.1, 0.15) is 5.60 Å². The molecular formula is C10H18O5. The first-order valence-electron chi connectivity index (χ1n) is 4.68. The van der Waals surface area contributed by atoms with Crippen molar-refractivity contribution >= 4 is 11.9 Å². The minimum Gasteiger partial charge on any atom is -0.467 e. The monoisotopic (exact) mass is 218 g/mol. The van der Waals surface area contributed by atoms with Gasteiger partial charge in [0.05, 0.1) is 13.0 Å². The van der Waals surface area contributed by atoms with E-state index in [1.165, 1.54) is 6.92 Å². The average Bonchev–Trinajstić information content (AvgIpc) is 2.11. The molecule has 0 saturated heterocycles. The van der Waals surface area contributed by atoms with Crippen molar-refractivity contribution in [3.8, 4) is 0 Å². The van der Waals surface area contributed by atoms with Crippen LogP contribution in [0.15, 0.2) is 0 Å². The lowest BCUT2D eigenvalue weighted by Gasteiger charge is -2.23. The lowest BCUT2D eigenvalue weighted by atomic mass is 10.0. The third-order valence-electron chi connectivity index (χ3n) is 1.69. The van der Waals surface area contributed by atoms with E-state index in [0.717, 1.165) is 7.11 Å². The molecule has 2 atom stereocenters. The van der Waals surface area contributed by atoms with Gasteiger partial charge in [0, 0.05) is 0 Å². The number of carbonyl (C=O) groups is 2. The van der Waals surface area contributed by atoms with Gasteiger partial charge in [-0.05, 0) is 27.7 Å². The van der Waals surface area contributed by atoms with Crippen molar-refractivity contribution in [3.05, 3.63) is 0 Å². The number of aliphatic hydroxyl groups excluding tert-OH is 1. The number of aliphatic hydroxyl groups is 1. The predicted molar refractivity (Wildman–Crippen MR) is 53.0 cm³/mol. The quantitative estimate of drug-likeness (QED) is 0.698. The van der Waals surface area contributed by atoms with E-state index in [-0.39, 0.29) is 0 Å². The van der Waals surface area contributed by atoms with Gasteiger partial charge < -0.3 is 14.6 Å². The highest BCUT2D eigenvalue weighted by atomic mass is 16.6. The van der Waals surface area contributed by atoms with Crippen LogP contribution in [-0.4, -0.2) is 35.9 Å². The van der Waals surface area contributed by atoms with E-state index in [0.29, 0.717) is 0 Å². The second-order valence-electron chi connectivity index (χ2n) is 4.29. The third-order valence-corrected chi connectivity index (χ3v) is 1.69. The maximum absolute atomic E-state index is 11.4. The zero-order valence-corrected chi connectivity index (χ0v) is 9.73. The van der Waals surface area contributed by atoms with Crippen LogP contribution >= 0.6 is 0 Å². The Labute approximate surface area is 89.4 Å². The summed E-state index contributed by atoms with van der Waals surface area (Å²) in [5.74, 6) is -2.40. The SMILES string of the molecule is COC(=O)C(O)[C@H](C)C(=O)OC(C)(C)C. The first-order valence-corrected chi connectivity index (χ1v) is 4.68. The highest BCUT2D eigenvalue weighted by Gasteiger charge is 2.32. The Morgan fingerprint density at radius 1 is 1.20 bits per heavy atom. The van der Waals surface area contributed by atoms with Crippen LogP contribution in [-0.2, 0) is 19.1 Å². The number of hydrogen-bond acceptors (Lipinski definition) is 5. The average molecular weight is 218 g/mol. The fourth-order valence-corrected chi connectivity index (χ4v) is 0.848. The molecule has 0 aliphatic heterocycles. The smallest absolute Gasteiger partial charge is 0.335 e. The molecule has 0 bridgehead atoms. The van der Waals surface area contributed by atoms with Gasteiger partial charge in [0.25, 0.3) is 0 Å². The molecule has 0 heterocycles.